The fourth-order valence-corrected chi connectivity index (χ4v) is 3.44. The second kappa shape index (κ2) is 7.88. The molecule has 0 aliphatic carbocycles. The van der Waals surface area contributed by atoms with Crippen LogP contribution in [0.2, 0.25) is 0 Å². The van der Waals surface area contributed by atoms with Crippen LogP contribution < -0.4 is 10.2 Å². The minimum Gasteiger partial charge on any atom is -0.508 e. The first-order chi connectivity index (χ1) is 15.1. The Hall–Kier alpha value is -3.51. The van der Waals surface area contributed by atoms with E-state index in [0.717, 1.165) is 6.07 Å². The van der Waals surface area contributed by atoms with Crippen LogP contribution in [0.3, 0.4) is 0 Å². The summed E-state index contributed by atoms with van der Waals surface area (Å²) in [6, 6.07) is 6.15. The molecule has 0 amide bonds. The normalized spacial score (nSPS) is 25.7. The zero-order valence-corrected chi connectivity index (χ0v) is 16.5. The van der Waals surface area contributed by atoms with Gasteiger partial charge >= 0.3 is 0 Å². The molecule has 0 bridgehead atoms. The predicted octanol–water partition coefficient (Wildman–Crippen LogP) is 0.489. The van der Waals surface area contributed by atoms with E-state index in [2.05, 4.69) is 0 Å². The number of phenols is 3. The average Bonchev–Trinajstić information content (AvgIpc) is 2.76. The molecule has 1 aromatic heterocycles. The summed E-state index contributed by atoms with van der Waals surface area (Å²) < 4.78 is 16.2. The molecule has 7 N–H and O–H groups in total. The van der Waals surface area contributed by atoms with Gasteiger partial charge in [0.1, 0.15) is 35.2 Å². The highest BCUT2D eigenvalue weighted by molar-refractivity contribution is 5.93. The molecule has 5 atom stereocenters. The van der Waals surface area contributed by atoms with Gasteiger partial charge in [-0.2, -0.15) is 0 Å². The van der Waals surface area contributed by atoms with Gasteiger partial charge < -0.3 is 49.6 Å². The molecule has 0 unspecified atom stereocenters. The Labute approximate surface area is 179 Å². The first-order valence-corrected chi connectivity index (χ1v) is 9.50. The van der Waals surface area contributed by atoms with Crippen molar-refractivity contribution < 1.29 is 49.6 Å². The third-order valence-electron chi connectivity index (χ3n) is 5.24. The van der Waals surface area contributed by atoms with Gasteiger partial charge in [0.25, 0.3) is 0 Å². The minimum absolute atomic E-state index is 0.0693. The van der Waals surface area contributed by atoms with Crippen molar-refractivity contribution in [1.82, 2.24) is 0 Å². The molecule has 1 saturated heterocycles. The molecule has 1 aliphatic rings. The molecule has 11 heteroatoms. The highest BCUT2D eigenvalue weighted by atomic mass is 16.7. The Balaban J connectivity index is 1.82. The third-order valence-corrected chi connectivity index (χ3v) is 5.24. The van der Waals surface area contributed by atoms with E-state index in [9.17, 15) is 40.5 Å². The van der Waals surface area contributed by atoms with Crippen molar-refractivity contribution in [3.63, 3.8) is 0 Å². The van der Waals surface area contributed by atoms with E-state index in [1.165, 1.54) is 31.2 Å². The fourth-order valence-electron chi connectivity index (χ4n) is 3.44. The van der Waals surface area contributed by atoms with E-state index in [0.29, 0.717) is 0 Å². The van der Waals surface area contributed by atoms with Crippen LogP contribution in [0.15, 0.2) is 39.5 Å². The summed E-state index contributed by atoms with van der Waals surface area (Å²) in [4.78, 5) is 12.6. The van der Waals surface area contributed by atoms with Crippen LogP contribution in [-0.4, -0.2) is 66.5 Å². The molecular formula is C21H20O11. The number of aliphatic hydroxyl groups is 3. The second-order valence-electron chi connectivity index (χ2n) is 7.40. The van der Waals surface area contributed by atoms with Gasteiger partial charge in [-0.1, -0.05) is 0 Å². The lowest BCUT2D eigenvalue weighted by molar-refractivity contribution is -0.268. The van der Waals surface area contributed by atoms with E-state index in [4.69, 9.17) is 13.9 Å². The van der Waals surface area contributed by atoms with Gasteiger partial charge in [0, 0.05) is 11.6 Å². The molecule has 3 aromatic rings. The highest BCUT2D eigenvalue weighted by Crippen LogP contribution is 2.43. The standard InChI is InChI=1S/C21H20O11/c1-7-13(24)16(27)18(29)21(30-7)31-11-6-10(23)12-15(26)17(28)19(32-20(12)14(11)25)8-2-4-9(22)5-3-8/h2-7,13,16,18,21-25,27-29H,1H3/t7-,13-,16+,18+,21-/m0/s1. The molecule has 1 fully saturated rings. The molecule has 11 nitrogen and oxygen atoms in total. The zero-order valence-electron chi connectivity index (χ0n) is 16.5. The molecule has 0 spiro atoms. The maximum Gasteiger partial charge on any atom is 0.238 e. The van der Waals surface area contributed by atoms with E-state index < -0.39 is 70.1 Å². The monoisotopic (exact) mass is 448 g/mol. The Kier molecular flexibility index (Phi) is 5.34. The zero-order chi connectivity index (χ0) is 23.3. The number of rotatable bonds is 3. The smallest absolute Gasteiger partial charge is 0.238 e. The Morgan fingerprint density at radius 1 is 0.906 bits per heavy atom. The maximum absolute atomic E-state index is 12.6. The van der Waals surface area contributed by atoms with Crippen LogP contribution in [0.5, 0.6) is 28.7 Å². The summed E-state index contributed by atoms with van der Waals surface area (Å²) in [5, 5.41) is 70.0. The van der Waals surface area contributed by atoms with Crippen molar-refractivity contribution in [3.05, 3.63) is 40.6 Å². The van der Waals surface area contributed by atoms with Crippen LogP contribution in [-0.2, 0) is 4.74 Å². The Morgan fingerprint density at radius 2 is 1.56 bits per heavy atom. The van der Waals surface area contributed by atoms with E-state index in [1.54, 1.807) is 0 Å². The number of hydrogen-bond donors (Lipinski definition) is 7. The number of aliphatic hydroxyl groups excluding tert-OH is 3. The Morgan fingerprint density at radius 3 is 2.22 bits per heavy atom. The van der Waals surface area contributed by atoms with Crippen molar-refractivity contribution >= 4 is 11.0 Å². The summed E-state index contributed by atoms with van der Waals surface area (Å²) in [5.74, 6) is -3.15. The molecule has 4 rings (SSSR count). The van der Waals surface area contributed by atoms with E-state index in [-0.39, 0.29) is 17.1 Å². The maximum atomic E-state index is 12.6. The number of phenolic OH excluding ortho intramolecular Hbond substituents is 3. The van der Waals surface area contributed by atoms with Gasteiger partial charge in [0.15, 0.2) is 17.1 Å². The molecule has 170 valence electrons. The number of ether oxygens (including phenoxy) is 2. The van der Waals surface area contributed by atoms with Crippen LogP contribution in [0.4, 0.5) is 0 Å². The van der Waals surface area contributed by atoms with Gasteiger partial charge in [-0.15, -0.1) is 0 Å². The predicted molar refractivity (Wildman–Crippen MR) is 108 cm³/mol. The summed E-state index contributed by atoms with van der Waals surface area (Å²) in [6.07, 6.45) is -7.14. The SMILES string of the molecule is C[C@@H]1O[C@@H](Oc2cc(O)c3c(=O)c(O)c(-c4ccc(O)cc4)oc3c2O)[C@H](O)[C@H](O)[C@H]1O. The molecule has 0 saturated carbocycles. The van der Waals surface area contributed by atoms with Crippen molar-refractivity contribution in [1.29, 1.82) is 0 Å². The topological polar surface area (TPSA) is 190 Å². The lowest BCUT2D eigenvalue weighted by Crippen LogP contribution is -2.58. The summed E-state index contributed by atoms with van der Waals surface area (Å²) in [7, 11) is 0. The van der Waals surface area contributed by atoms with Crippen molar-refractivity contribution in [2.24, 2.45) is 0 Å². The molecule has 32 heavy (non-hydrogen) atoms. The van der Waals surface area contributed by atoms with Crippen molar-refractivity contribution in [2.75, 3.05) is 0 Å². The first-order valence-electron chi connectivity index (χ1n) is 9.50. The average molecular weight is 448 g/mol. The number of fused-ring (bicyclic) bond motifs is 1. The van der Waals surface area contributed by atoms with Crippen LogP contribution in [0.25, 0.3) is 22.3 Å². The number of benzene rings is 2. The summed E-state index contributed by atoms with van der Waals surface area (Å²) in [5.41, 5.74) is -1.36. The van der Waals surface area contributed by atoms with Crippen molar-refractivity contribution in [2.45, 2.75) is 37.6 Å². The second-order valence-corrected chi connectivity index (χ2v) is 7.40. The van der Waals surface area contributed by atoms with Gasteiger partial charge in [-0.25, -0.2) is 0 Å². The largest absolute Gasteiger partial charge is 0.508 e. The molecular weight excluding hydrogens is 428 g/mol. The molecule has 2 heterocycles. The minimum atomic E-state index is -1.70. The highest BCUT2D eigenvalue weighted by Gasteiger charge is 2.43. The van der Waals surface area contributed by atoms with Crippen LogP contribution in [0, 0.1) is 0 Å². The van der Waals surface area contributed by atoms with Gasteiger partial charge in [0.2, 0.25) is 23.2 Å². The Bertz CT molecular complexity index is 1220. The fraction of sp³-hybridized carbons (Fsp3) is 0.286. The summed E-state index contributed by atoms with van der Waals surface area (Å²) in [6.45, 7) is 1.43. The van der Waals surface area contributed by atoms with Crippen molar-refractivity contribution in [3.8, 4) is 40.1 Å². The molecule has 2 aromatic carbocycles. The lowest BCUT2D eigenvalue weighted by atomic mass is 10.00. The van der Waals surface area contributed by atoms with Gasteiger partial charge in [-0.05, 0) is 31.2 Å². The van der Waals surface area contributed by atoms with E-state index >= 15 is 0 Å². The molecule has 0 radical (unpaired) electrons. The number of hydrogen-bond acceptors (Lipinski definition) is 11. The quantitative estimate of drug-likeness (QED) is 0.276. The summed E-state index contributed by atoms with van der Waals surface area (Å²) >= 11 is 0. The van der Waals surface area contributed by atoms with Gasteiger partial charge in [0.05, 0.1) is 6.10 Å². The molecule has 1 aliphatic heterocycles. The first kappa shape index (κ1) is 21.7. The van der Waals surface area contributed by atoms with E-state index in [1.807, 2.05) is 0 Å². The lowest BCUT2D eigenvalue weighted by Gasteiger charge is -2.38. The van der Waals surface area contributed by atoms with Crippen LogP contribution in [0.1, 0.15) is 6.92 Å². The van der Waals surface area contributed by atoms with Crippen LogP contribution >= 0.6 is 0 Å². The third kappa shape index (κ3) is 3.46. The van der Waals surface area contributed by atoms with Gasteiger partial charge in [-0.3, -0.25) is 4.79 Å². The number of aromatic hydroxyl groups is 4.